The number of rotatable bonds is 3. The van der Waals surface area contributed by atoms with Crippen molar-refractivity contribution < 1.29 is 22.7 Å². The number of ether oxygens (including phenoxy) is 1. The summed E-state index contributed by atoms with van der Waals surface area (Å²) in [6, 6.07) is 6.18. The SMILES string of the molecule is O=C(OCCn1c(=O)[nH]c2ccccc2c1=O)C(F)(F)F. The van der Waals surface area contributed by atoms with Gasteiger partial charge in [-0.2, -0.15) is 13.2 Å². The summed E-state index contributed by atoms with van der Waals surface area (Å²) >= 11 is 0. The maximum Gasteiger partial charge on any atom is 0.490 e. The quantitative estimate of drug-likeness (QED) is 0.850. The van der Waals surface area contributed by atoms with Gasteiger partial charge in [0.05, 0.1) is 17.4 Å². The summed E-state index contributed by atoms with van der Waals surface area (Å²) in [6.45, 7) is -1.21. The van der Waals surface area contributed by atoms with Crippen LogP contribution in [0, 0.1) is 0 Å². The highest BCUT2D eigenvalue weighted by molar-refractivity contribution is 5.77. The van der Waals surface area contributed by atoms with E-state index in [1.807, 2.05) is 0 Å². The van der Waals surface area contributed by atoms with Gasteiger partial charge in [0.1, 0.15) is 6.61 Å². The molecule has 0 unspecified atom stereocenters. The van der Waals surface area contributed by atoms with Gasteiger partial charge in [0.15, 0.2) is 0 Å². The third kappa shape index (κ3) is 3.12. The van der Waals surface area contributed by atoms with Crippen LogP contribution >= 0.6 is 0 Å². The number of hydrogen-bond donors (Lipinski definition) is 1. The van der Waals surface area contributed by atoms with Gasteiger partial charge in [0, 0.05) is 0 Å². The highest BCUT2D eigenvalue weighted by Crippen LogP contribution is 2.16. The highest BCUT2D eigenvalue weighted by atomic mass is 19.4. The molecule has 0 spiro atoms. The second kappa shape index (κ2) is 5.43. The van der Waals surface area contributed by atoms with Crippen LogP contribution in [-0.2, 0) is 16.1 Å². The number of alkyl halides is 3. The highest BCUT2D eigenvalue weighted by Gasteiger charge is 2.40. The number of carbonyl (C=O) groups excluding carboxylic acids is 1. The number of esters is 1. The zero-order valence-electron chi connectivity index (χ0n) is 10.4. The Balaban J connectivity index is 2.22. The van der Waals surface area contributed by atoms with Gasteiger partial charge in [-0.25, -0.2) is 9.59 Å². The van der Waals surface area contributed by atoms with Crippen molar-refractivity contribution in [1.82, 2.24) is 9.55 Å². The van der Waals surface area contributed by atoms with E-state index in [2.05, 4.69) is 9.72 Å². The number of halogens is 3. The number of hydrogen-bond acceptors (Lipinski definition) is 4. The van der Waals surface area contributed by atoms with Gasteiger partial charge in [-0.15, -0.1) is 0 Å². The van der Waals surface area contributed by atoms with E-state index >= 15 is 0 Å². The van der Waals surface area contributed by atoms with Crippen molar-refractivity contribution >= 4 is 16.9 Å². The van der Waals surface area contributed by atoms with Gasteiger partial charge >= 0.3 is 17.8 Å². The third-order valence-electron chi connectivity index (χ3n) is 2.67. The number of carbonyl (C=O) groups is 1. The number of nitrogens with zero attached hydrogens (tertiary/aromatic N) is 1. The lowest BCUT2D eigenvalue weighted by Crippen LogP contribution is -2.37. The Morgan fingerprint density at radius 1 is 1.24 bits per heavy atom. The number of benzene rings is 1. The minimum Gasteiger partial charge on any atom is -0.457 e. The molecule has 2 rings (SSSR count). The van der Waals surface area contributed by atoms with E-state index in [-0.39, 0.29) is 5.39 Å². The monoisotopic (exact) mass is 302 g/mol. The Kier molecular flexibility index (Phi) is 3.83. The first-order valence-electron chi connectivity index (χ1n) is 5.76. The van der Waals surface area contributed by atoms with Crippen molar-refractivity contribution in [2.45, 2.75) is 12.7 Å². The second-order valence-electron chi connectivity index (χ2n) is 4.07. The molecule has 0 saturated carbocycles. The van der Waals surface area contributed by atoms with Crippen LogP contribution in [0.25, 0.3) is 10.9 Å². The lowest BCUT2D eigenvalue weighted by atomic mass is 10.2. The summed E-state index contributed by atoms with van der Waals surface area (Å²) in [6.07, 6.45) is -5.11. The molecule has 0 aliphatic carbocycles. The fourth-order valence-electron chi connectivity index (χ4n) is 1.71. The summed E-state index contributed by atoms with van der Waals surface area (Å²) in [5.74, 6) is -2.37. The van der Waals surface area contributed by atoms with Gasteiger partial charge < -0.3 is 9.72 Å². The summed E-state index contributed by atoms with van der Waals surface area (Å²) in [4.78, 5) is 36.6. The summed E-state index contributed by atoms with van der Waals surface area (Å²) < 4.78 is 40.4. The maximum absolute atomic E-state index is 12.0. The number of nitrogens with one attached hydrogen (secondary N) is 1. The fraction of sp³-hybridized carbons (Fsp3) is 0.250. The molecule has 1 aromatic heterocycles. The average molecular weight is 302 g/mol. The lowest BCUT2D eigenvalue weighted by Gasteiger charge is -2.08. The van der Waals surface area contributed by atoms with E-state index in [1.54, 1.807) is 12.1 Å². The number of fused-ring (bicyclic) bond motifs is 1. The molecular formula is C12H9F3N2O4. The molecule has 0 fully saturated rings. The number of H-pyrrole nitrogens is 1. The molecule has 21 heavy (non-hydrogen) atoms. The Labute approximate surface area is 114 Å². The van der Waals surface area contributed by atoms with Crippen LogP contribution in [0.3, 0.4) is 0 Å². The topological polar surface area (TPSA) is 81.2 Å². The zero-order chi connectivity index (χ0) is 15.6. The average Bonchev–Trinajstić information content (AvgIpc) is 2.41. The van der Waals surface area contributed by atoms with Gasteiger partial charge in [-0.3, -0.25) is 9.36 Å². The van der Waals surface area contributed by atoms with Crippen LogP contribution in [-0.4, -0.2) is 28.3 Å². The van der Waals surface area contributed by atoms with Gasteiger partial charge in [-0.1, -0.05) is 12.1 Å². The van der Waals surface area contributed by atoms with Crippen LogP contribution in [0.1, 0.15) is 0 Å². The predicted octanol–water partition coefficient (Wildman–Crippen LogP) is 0.795. The fourth-order valence-corrected chi connectivity index (χ4v) is 1.71. The molecule has 0 aliphatic heterocycles. The molecule has 9 heteroatoms. The smallest absolute Gasteiger partial charge is 0.457 e. The van der Waals surface area contributed by atoms with Gasteiger partial charge in [0.2, 0.25) is 0 Å². The second-order valence-corrected chi connectivity index (χ2v) is 4.07. The Morgan fingerprint density at radius 3 is 2.57 bits per heavy atom. The van der Waals surface area contributed by atoms with Crippen molar-refractivity contribution in [3.05, 3.63) is 45.1 Å². The minimum atomic E-state index is -5.11. The maximum atomic E-state index is 12.0. The van der Waals surface area contributed by atoms with Crippen molar-refractivity contribution in [2.75, 3.05) is 6.61 Å². The minimum absolute atomic E-state index is 0.208. The van der Waals surface area contributed by atoms with Crippen LogP contribution in [0.2, 0.25) is 0 Å². The number of aromatic nitrogens is 2. The van der Waals surface area contributed by atoms with Crippen LogP contribution in [0.15, 0.2) is 33.9 Å². The van der Waals surface area contributed by atoms with Crippen LogP contribution in [0.5, 0.6) is 0 Å². The van der Waals surface area contributed by atoms with Gasteiger partial charge in [0.25, 0.3) is 5.56 Å². The summed E-state index contributed by atoms with van der Waals surface area (Å²) in [5.41, 5.74) is -1.14. The van der Waals surface area contributed by atoms with Crippen LogP contribution < -0.4 is 11.2 Å². The van der Waals surface area contributed by atoms with E-state index in [0.29, 0.717) is 10.1 Å². The van der Waals surface area contributed by atoms with E-state index in [9.17, 15) is 27.6 Å². The predicted molar refractivity (Wildman–Crippen MR) is 65.8 cm³/mol. The third-order valence-corrected chi connectivity index (χ3v) is 2.67. The molecule has 0 saturated heterocycles. The summed E-state index contributed by atoms with van der Waals surface area (Å²) in [7, 11) is 0. The molecule has 0 amide bonds. The van der Waals surface area contributed by atoms with E-state index in [1.165, 1.54) is 12.1 Å². The van der Waals surface area contributed by atoms with Crippen molar-refractivity contribution in [3.63, 3.8) is 0 Å². The Hall–Kier alpha value is -2.58. The van der Waals surface area contributed by atoms with Crippen molar-refractivity contribution in [2.24, 2.45) is 0 Å². The van der Waals surface area contributed by atoms with Crippen molar-refractivity contribution in [3.8, 4) is 0 Å². The van der Waals surface area contributed by atoms with E-state index in [0.717, 1.165) is 0 Å². The molecule has 2 aromatic rings. The number of aromatic amines is 1. The van der Waals surface area contributed by atoms with Crippen LogP contribution in [0.4, 0.5) is 13.2 Å². The molecule has 1 heterocycles. The molecule has 0 atom stereocenters. The first kappa shape index (κ1) is 14.8. The van der Waals surface area contributed by atoms with E-state index < -0.39 is 36.5 Å². The molecule has 112 valence electrons. The first-order chi connectivity index (χ1) is 9.80. The molecule has 1 aromatic carbocycles. The molecule has 1 N–H and O–H groups in total. The van der Waals surface area contributed by atoms with Gasteiger partial charge in [-0.05, 0) is 12.1 Å². The molecule has 0 bridgehead atoms. The number of para-hydroxylation sites is 1. The first-order valence-corrected chi connectivity index (χ1v) is 5.76. The molecule has 0 aliphatic rings. The largest absolute Gasteiger partial charge is 0.490 e. The lowest BCUT2D eigenvalue weighted by molar-refractivity contribution is -0.199. The van der Waals surface area contributed by atoms with E-state index in [4.69, 9.17) is 0 Å². The zero-order valence-corrected chi connectivity index (χ0v) is 10.4. The standard InChI is InChI=1S/C12H9F3N2O4/c13-12(14,15)10(19)21-6-5-17-9(18)7-3-1-2-4-8(7)16-11(17)20/h1-4H,5-6H2,(H,16,20). The molecular weight excluding hydrogens is 293 g/mol. The Morgan fingerprint density at radius 2 is 1.90 bits per heavy atom. The van der Waals surface area contributed by atoms with Crippen molar-refractivity contribution in [1.29, 1.82) is 0 Å². The molecule has 0 radical (unpaired) electrons. The normalized spacial score (nSPS) is 11.6. The summed E-state index contributed by atoms with van der Waals surface area (Å²) in [5, 5.41) is 0.208. The Bertz CT molecular complexity index is 791. The molecule has 6 nitrogen and oxygen atoms in total.